The zero-order valence-electron chi connectivity index (χ0n) is 12.1. The van der Waals surface area contributed by atoms with Gasteiger partial charge in [-0.15, -0.1) is 0 Å². The Bertz CT molecular complexity index is 255. The van der Waals surface area contributed by atoms with Crippen LogP contribution in [0.3, 0.4) is 0 Å². The largest absolute Gasteiger partial charge is 0.307 e. The summed E-state index contributed by atoms with van der Waals surface area (Å²) in [5.41, 5.74) is 0. The number of likely N-dealkylation sites (tertiary alicyclic amines) is 1. The highest BCUT2D eigenvalue weighted by Gasteiger charge is 2.28. The van der Waals surface area contributed by atoms with Crippen LogP contribution in [-0.4, -0.2) is 43.5 Å². The minimum absolute atomic E-state index is 0.154. The molecule has 19 heavy (non-hydrogen) atoms. The summed E-state index contributed by atoms with van der Waals surface area (Å²) in [5, 5.41) is 3.05. The third-order valence-electron chi connectivity index (χ3n) is 4.74. The maximum atomic E-state index is 12.3. The predicted molar refractivity (Wildman–Crippen MR) is 74.6 cm³/mol. The summed E-state index contributed by atoms with van der Waals surface area (Å²) in [6, 6.07) is 0.258. The molecule has 1 aliphatic carbocycles. The Balaban J connectivity index is 1.80. The summed E-state index contributed by atoms with van der Waals surface area (Å²) < 4.78 is 24.6. The van der Waals surface area contributed by atoms with Gasteiger partial charge in [-0.05, 0) is 31.1 Å². The molecule has 0 radical (unpaired) electrons. The molecule has 1 N–H and O–H groups in total. The highest BCUT2D eigenvalue weighted by molar-refractivity contribution is 4.85. The summed E-state index contributed by atoms with van der Waals surface area (Å²) >= 11 is 0. The molecule has 2 aliphatic rings. The van der Waals surface area contributed by atoms with E-state index in [-0.39, 0.29) is 12.6 Å². The first kappa shape index (κ1) is 15.2. The van der Waals surface area contributed by atoms with Crippen molar-refractivity contribution in [1.82, 2.24) is 10.2 Å². The lowest BCUT2D eigenvalue weighted by molar-refractivity contribution is 0.0990. The third kappa shape index (κ3) is 4.99. The number of halogens is 2. The molecule has 0 aromatic rings. The van der Waals surface area contributed by atoms with Crippen LogP contribution < -0.4 is 5.32 Å². The van der Waals surface area contributed by atoms with Crippen molar-refractivity contribution in [3.8, 4) is 0 Å². The molecule has 0 aromatic heterocycles. The van der Waals surface area contributed by atoms with Gasteiger partial charge in [-0.3, -0.25) is 0 Å². The fraction of sp³-hybridized carbons (Fsp3) is 1.00. The van der Waals surface area contributed by atoms with Gasteiger partial charge in [-0.25, -0.2) is 8.78 Å². The van der Waals surface area contributed by atoms with Crippen LogP contribution >= 0.6 is 0 Å². The molecule has 1 heterocycles. The van der Waals surface area contributed by atoms with Crippen LogP contribution in [-0.2, 0) is 0 Å². The fourth-order valence-electron chi connectivity index (χ4n) is 3.71. The summed E-state index contributed by atoms with van der Waals surface area (Å²) in [4.78, 5) is 2.52. The van der Waals surface area contributed by atoms with E-state index in [1.807, 2.05) is 0 Å². The smallest absolute Gasteiger partial charge is 0.250 e. The Hall–Kier alpha value is -0.220. The molecule has 0 bridgehead atoms. The topological polar surface area (TPSA) is 15.3 Å². The molecule has 4 heteroatoms. The zero-order valence-corrected chi connectivity index (χ0v) is 12.1. The SMILES string of the molecule is CCC1CC(NCC(F)F)CN(CC2CCCC2)C1. The van der Waals surface area contributed by atoms with Gasteiger partial charge in [0.15, 0.2) is 0 Å². The van der Waals surface area contributed by atoms with E-state index in [2.05, 4.69) is 17.1 Å². The summed E-state index contributed by atoms with van der Waals surface area (Å²) in [6.45, 7) is 5.37. The molecule has 0 aromatic carbocycles. The highest BCUT2D eigenvalue weighted by Crippen LogP contribution is 2.28. The first-order chi connectivity index (χ1) is 9.17. The third-order valence-corrected chi connectivity index (χ3v) is 4.74. The first-order valence-corrected chi connectivity index (χ1v) is 7.91. The summed E-state index contributed by atoms with van der Waals surface area (Å²) in [5.74, 6) is 1.52. The van der Waals surface area contributed by atoms with Gasteiger partial charge in [0, 0.05) is 25.7 Å². The van der Waals surface area contributed by atoms with Gasteiger partial charge in [0.1, 0.15) is 0 Å². The molecule has 0 spiro atoms. The highest BCUT2D eigenvalue weighted by atomic mass is 19.3. The lowest BCUT2D eigenvalue weighted by atomic mass is 9.91. The van der Waals surface area contributed by atoms with Crippen LogP contribution in [0.5, 0.6) is 0 Å². The average Bonchev–Trinajstić information content (AvgIpc) is 2.89. The minimum Gasteiger partial charge on any atom is -0.307 e. The molecule has 0 amide bonds. The van der Waals surface area contributed by atoms with Gasteiger partial charge >= 0.3 is 0 Å². The molecular formula is C15H28F2N2. The second kappa shape index (κ2) is 7.53. The normalized spacial score (nSPS) is 30.3. The molecule has 112 valence electrons. The van der Waals surface area contributed by atoms with Crippen molar-refractivity contribution in [2.24, 2.45) is 11.8 Å². The lowest BCUT2D eigenvalue weighted by Crippen LogP contribution is -2.51. The van der Waals surface area contributed by atoms with Gasteiger partial charge in [-0.1, -0.05) is 26.2 Å². The van der Waals surface area contributed by atoms with E-state index in [1.54, 1.807) is 0 Å². The van der Waals surface area contributed by atoms with E-state index in [4.69, 9.17) is 0 Å². The maximum Gasteiger partial charge on any atom is 0.250 e. The van der Waals surface area contributed by atoms with Crippen LogP contribution in [0.1, 0.15) is 45.4 Å². The van der Waals surface area contributed by atoms with Crippen molar-refractivity contribution in [3.63, 3.8) is 0 Å². The monoisotopic (exact) mass is 274 g/mol. The van der Waals surface area contributed by atoms with Crippen LogP contribution in [0.4, 0.5) is 8.78 Å². The van der Waals surface area contributed by atoms with Crippen molar-refractivity contribution in [3.05, 3.63) is 0 Å². The molecule has 2 atom stereocenters. The molecule has 2 fully saturated rings. The summed E-state index contributed by atoms with van der Waals surface area (Å²) in [7, 11) is 0. The number of rotatable bonds is 6. The van der Waals surface area contributed by atoms with Crippen molar-refractivity contribution >= 4 is 0 Å². The Morgan fingerprint density at radius 1 is 1.16 bits per heavy atom. The van der Waals surface area contributed by atoms with Gasteiger partial charge < -0.3 is 10.2 Å². The van der Waals surface area contributed by atoms with E-state index in [1.165, 1.54) is 38.8 Å². The number of alkyl halides is 2. The minimum atomic E-state index is -2.23. The van der Waals surface area contributed by atoms with E-state index in [9.17, 15) is 8.78 Å². The standard InChI is InChI=1S/C15H28F2N2/c1-2-12-7-14(18-8-15(16)17)11-19(9-12)10-13-5-3-4-6-13/h12-15,18H,2-11H2,1H3. The lowest BCUT2D eigenvalue weighted by Gasteiger charge is -2.39. The van der Waals surface area contributed by atoms with Crippen molar-refractivity contribution in [2.75, 3.05) is 26.2 Å². The van der Waals surface area contributed by atoms with Crippen molar-refractivity contribution in [1.29, 1.82) is 0 Å². The van der Waals surface area contributed by atoms with E-state index >= 15 is 0 Å². The fourth-order valence-corrected chi connectivity index (χ4v) is 3.71. The second-order valence-electron chi connectivity index (χ2n) is 6.38. The Labute approximate surface area is 115 Å². The van der Waals surface area contributed by atoms with Crippen LogP contribution in [0.2, 0.25) is 0 Å². The van der Waals surface area contributed by atoms with Crippen LogP contribution in [0, 0.1) is 11.8 Å². The number of nitrogens with one attached hydrogen (secondary N) is 1. The van der Waals surface area contributed by atoms with Gasteiger partial charge in [0.05, 0.1) is 6.54 Å². The van der Waals surface area contributed by atoms with Crippen LogP contribution in [0.25, 0.3) is 0 Å². The maximum absolute atomic E-state index is 12.3. The van der Waals surface area contributed by atoms with Gasteiger partial charge in [0.2, 0.25) is 0 Å². The molecule has 1 saturated heterocycles. The van der Waals surface area contributed by atoms with Crippen LogP contribution in [0.15, 0.2) is 0 Å². The van der Waals surface area contributed by atoms with E-state index in [0.717, 1.165) is 25.3 Å². The van der Waals surface area contributed by atoms with Gasteiger partial charge in [0.25, 0.3) is 6.43 Å². The number of hydrogen-bond donors (Lipinski definition) is 1. The molecule has 2 unspecified atom stereocenters. The molecule has 1 aliphatic heterocycles. The Morgan fingerprint density at radius 3 is 2.53 bits per heavy atom. The van der Waals surface area contributed by atoms with Crippen molar-refractivity contribution in [2.45, 2.75) is 57.9 Å². The van der Waals surface area contributed by atoms with E-state index in [0.29, 0.717) is 5.92 Å². The molecule has 1 saturated carbocycles. The molecule has 2 nitrogen and oxygen atoms in total. The molecule has 2 rings (SSSR count). The van der Waals surface area contributed by atoms with Gasteiger partial charge in [-0.2, -0.15) is 0 Å². The average molecular weight is 274 g/mol. The molecular weight excluding hydrogens is 246 g/mol. The quantitative estimate of drug-likeness (QED) is 0.800. The Morgan fingerprint density at radius 2 is 1.89 bits per heavy atom. The summed E-state index contributed by atoms with van der Waals surface area (Å²) in [6.07, 6.45) is 5.47. The number of hydrogen-bond acceptors (Lipinski definition) is 2. The zero-order chi connectivity index (χ0) is 13.7. The first-order valence-electron chi connectivity index (χ1n) is 7.91. The second-order valence-corrected chi connectivity index (χ2v) is 6.38. The Kier molecular flexibility index (Phi) is 6.02. The van der Waals surface area contributed by atoms with E-state index < -0.39 is 6.43 Å². The number of nitrogens with zero attached hydrogens (tertiary/aromatic N) is 1. The predicted octanol–water partition coefficient (Wildman–Crippen LogP) is 3.13. The number of piperidine rings is 1. The van der Waals surface area contributed by atoms with Crippen molar-refractivity contribution < 1.29 is 8.78 Å².